The molecule has 310 valence electrons. The van der Waals surface area contributed by atoms with E-state index in [1.807, 2.05) is 61.5 Å². The van der Waals surface area contributed by atoms with Gasteiger partial charge in [0.2, 0.25) is 17.8 Å². The molecule has 0 radical (unpaired) electrons. The number of ether oxygens (including phenoxy) is 5. The number of azide groups is 1. The fraction of sp³-hybridized carbons (Fsp3) is 0.439. The molecule has 3 aromatic carbocycles. The van der Waals surface area contributed by atoms with Gasteiger partial charge in [0, 0.05) is 41.7 Å². The fourth-order valence-electron chi connectivity index (χ4n) is 5.75. The maximum atomic E-state index is 12.8. The van der Waals surface area contributed by atoms with Gasteiger partial charge < -0.3 is 44.7 Å². The van der Waals surface area contributed by atoms with Crippen molar-refractivity contribution >= 4 is 34.5 Å². The van der Waals surface area contributed by atoms with Gasteiger partial charge >= 0.3 is 5.97 Å². The predicted octanol–water partition coefficient (Wildman–Crippen LogP) is 5.39. The molecule has 0 spiro atoms. The minimum Gasteiger partial charge on any atom is -0.491 e. The van der Waals surface area contributed by atoms with Gasteiger partial charge in [0.25, 0.3) is 0 Å². The van der Waals surface area contributed by atoms with E-state index < -0.39 is 17.9 Å². The number of hydrogen-bond acceptors (Lipinski definition) is 12. The number of nitrogens with one attached hydrogen (secondary N) is 3. The van der Waals surface area contributed by atoms with E-state index in [0.29, 0.717) is 90.5 Å². The second-order valence-corrected chi connectivity index (χ2v) is 12.9. The molecule has 2 amide bonds. The van der Waals surface area contributed by atoms with Crippen molar-refractivity contribution in [3.05, 3.63) is 94.6 Å². The molecular weight excluding hydrogens is 748 g/mol. The van der Waals surface area contributed by atoms with E-state index in [9.17, 15) is 19.5 Å². The van der Waals surface area contributed by atoms with Crippen molar-refractivity contribution in [3.63, 3.8) is 0 Å². The fourth-order valence-corrected chi connectivity index (χ4v) is 5.75. The highest BCUT2D eigenvalue weighted by atomic mass is 16.6. The lowest BCUT2D eigenvalue weighted by molar-refractivity contribution is -0.138. The van der Waals surface area contributed by atoms with Gasteiger partial charge in [0.15, 0.2) is 0 Å². The number of carboxylic acids is 1. The van der Waals surface area contributed by atoms with Crippen LogP contribution in [0.3, 0.4) is 0 Å². The third-order valence-electron chi connectivity index (χ3n) is 8.58. The molecule has 0 aliphatic carbocycles. The topological polar surface area (TPSA) is 228 Å². The number of aromatic nitrogens is 2. The Morgan fingerprint density at radius 2 is 1.48 bits per heavy atom. The molecule has 1 atom stereocenters. The van der Waals surface area contributed by atoms with E-state index in [-0.39, 0.29) is 25.3 Å². The predicted molar refractivity (Wildman–Crippen MR) is 217 cm³/mol. The number of aliphatic carboxylic acids is 1. The quantitative estimate of drug-likeness (QED) is 0.0235. The molecule has 58 heavy (non-hydrogen) atoms. The number of carbonyl (C=O) groups is 3. The first-order valence-electron chi connectivity index (χ1n) is 19.2. The molecule has 0 fully saturated rings. The van der Waals surface area contributed by atoms with E-state index in [1.165, 1.54) is 0 Å². The van der Waals surface area contributed by atoms with Crippen molar-refractivity contribution in [2.75, 3.05) is 84.4 Å². The van der Waals surface area contributed by atoms with Crippen LogP contribution < -0.4 is 20.7 Å². The molecule has 0 saturated carbocycles. The van der Waals surface area contributed by atoms with E-state index >= 15 is 0 Å². The standard InChI is InChI=1S/C41H52N8O9/c1-30-15-17-44-41(47-30)43-16-5-4-8-38(50)45-29-39(51)48-36(28-40(52)53)32-11-9-31(10-12-32)33-13-14-37(35-7-3-2-6-34(33)35)58-27-26-57-25-24-56-23-22-55-21-20-54-19-18-46-49-42/h2-3,6-7,9-15,17,36H,4-5,8,16,18-29H2,1H3,(H,45,50)(H,48,51)(H,52,53)(H,43,44,47)/t36-/m0/s1. The van der Waals surface area contributed by atoms with Crippen molar-refractivity contribution in [3.8, 4) is 16.9 Å². The van der Waals surface area contributed by atoms with Gasteiger partial charge in [0.05, 0.1) is 71.9 Å². The van der Waals surface area contributed by atoms with Crippen LogP contribution in [0.1, 0.15) is 43.0 Å². The monoisotopic (exact) mass is 800 g/mol. The third-order valence-corrected chi connectivity index (χ3v) is 8.58. The summed E-state index contributed by atoms with van der Waals surface area (Å²) in [7, 11) is 0. The highest BCUT2D eigenvalue weighted by Gasteiger charge is 2.19. The molecule has 17 nitrogen and oxygen atoms in total. The van der Waals surface area contributed by atoms with Crippen molar-refractivity contribution in [2.24, 2.45) is 5.11 Å². The lowest BCUT2D eigenvalue weighted by atomic mass is 9.95. The van der Waals surface area contributed by atoms with E-state index in [2.05, 4.69) is 35.9 Å². The van der Waals surface area contributed by atoms with Crippen LogP contribution in [0.2, 0.25) is 0 Å². The van der Waals surface area contributed by atoms with Crippen LogP contribution in [0.15, 0.2) is 78.0 Å². The number of carboxylic acid groups (broad SMARTS) is 1. The van der Waals surface area contributed by atoms with Gasteiger partial charge in [-0.3, -0.25) is 14.4 Å². The number of aryl methyl sites for hydroxylation is 1. The number of nitrogens with zero attached hydrogens (tertiary/aromatic N) is 5. The van der Waals surface area contributed by atoms with Gasteiger partial charge in [0.1, 0.15) is 12.4 Å². The lowest BCUT2D eigenvalue weighted by Gasteiger charge is -2.19. The molecule has 0 aliphatic heterocycles. The maximum Gasteiger partial charge on any atom is 0.305 e. The molecule has 0 saturated heterocycles. The average Bonchev–Trinajstić information content (AvgIpc) is 3.22. The minimum atomic E-state index is -1.07. The van der Waals surface area contributed by atoms with Crippen LogP contribution >= 0.6 is 0 Å². The number of hydrogen-bond donors (Lipinski definition) is 4. The van der Waals surface area contributed by atoms with Crippen LogP contribution in [-0.2, 0) is 33.3 Å². The summed E-state index contributed by atoms with van der Waals surface area (Å²) in [6, 6.07) is 20.2. The summed E-state index contributed by atoms with van der Waals surface area (Å²) in [6.07, 6.45) is 2.93. The van der Waals surface area contributed by atoms with E-state index in [1.54, 1.807) is 18.3 Å². The summed E-state index contributed by atoms with van der Waals surface area (Å²) in [4.78, 5) is 48.0. The highest BCUT2D eigenvalue weighted by Crippen LogP contribution is 2.35. The van der Waals surface area contributed by atoms with E-state index in [0.717, 1.165) is 39.8 Å². The zero-order chi connectivity index (χ0) is 41.2. The summed E-state index contributed by atoms with van der Waals surface area (Å²) >= 11 is 0. The largest absolute Gasteiger partial charge is 0.491 e. The molecule has 4 aromatic rings. The summed E-state index contributed by atoms with van der Waals surface area (Å²) in [5, 5.41) is 23.4. The first-order chi connectivity index (χ1) is 28.3. The molecule has 0 bridgehead atoms. The summed E-state index contributed by atoms with van der Waals surface area (Å²) < 4.78 is 27.9. The Morgan fingerprint density at radius 1 is 0.810 bits per heavy atom. The highest BCUT2D eigenvalue weighted by molar-refractivity contribution is 6.00. The van der Waals surface area contributed by atoms with Gasteiger partial charge in [-0.2, -0.15) is 0 Å². The zero-order valence-electron chi connectivity index (χ0n) is 32.8. The van der Waals surface area contributed by atoms with Crippen molar-refractivity contribution < 1.29 is 43.2 Å². The summed E-state index contributed by atoms with van der Waals surface area (Å²) in [5.41, 5.74) is 11.6. The summed E-state index contributed by atoms with van der Waals surface area (Å²) in [5.74, 6) is -0.554. The maximum absolute atomic E-state index is 12.8. The van der Waals surface area contributed by atoms with Crippen molar-refractivity contribution in [1.29, 1.82) is 0 Å². The van der Waals surface area contributed by atoms with E-state index in [4.69, 9.17) is 29.2 Å². The number of fused-ring (bicyclic) bond motifs is 1. The number of unbranched alkanes of at least 4 members (excludes halogenated alkanes) is 1. The second kappa shape index (κ2) is 26.1. The molecule has 0 aliphatic rings. The lowest BCUT2D eigenvalue weighted by Crippen LogP contribution is -2.39. The van der Waals surface area contributed by atoms with Gasteiger partial charge in [-0.25, -0.2) is 9.97 Å². The Kier molecular flexibility index (Phi) is 20.2. The average molecular weight is 801 g/mol. The number of carbonyl (C=O) groups excluding carboxylic acids is 2. The van der Waals surface area contributed by atoms with Crippen LogP contribution in [0.25, 0.3) is 32.3 Å². The van der Waals surface area contributed by atoms with Crippen LogP contribution in [0.4, 0.5) is 5.95 Å². The SMILES string of the molecule is Cc1ccnc(NCCCCC(=O)NCC(=O)N[C@@H](CC(=O)O)c2ccc(-c3ccc(OCCOCCOCCOCCOCCN=[N+]=[N-])c4ccccc34)cc2)n1. The molecule has 4 N–H and O–H groups in total. The Labute approximate surface area is 337 Å². The molecule has 0 unspecified atom stereocenters. The normalized spacial score (nSPS) is 11.4. The van der Waals surface area contributed by atoms with Crippen LogP contribution in [0.5, 0.6) is 5.75 Å². The third kappa shape index (κ3) is 16.7. The number of amides is 2. The minimum absolute atomic E-state index is 0.247. The van der Waals surface area contributed by atoms with Gasteiger partial charge in [-0.1, -0.05) is 59.7 Å². The number of anilines is 1. The number of benzene rings is 3. The molecular formula is C41H52N8O9. The van der Waals surface area contributed by atoms with Crippen LogP contribution in [0, 0.1) is 6.92 Å². The smallest absolute Gasteiger partial charge is 0.305 e. The Balaban J connectivity index is 1.18. The molecule has 1 aromatic heterocycles. The second-order valence-electron chi connectivity index (χ2n) is 12.9. The zero-order valence-corrected chi connectivity index (χ0v) is 32.8. The van der Waals surface area contributed by atoms with Crippen molar-refractivity contribution in [1.82, 2.24) is 20.6 Å². The first kappa shape index (κ1) is 44.9. The Morgan fingerprint density at radius 3 is 2.16 bits per heavy atom. The Hall–Kier alpha value is -5.84. The van der Waals surface area contributed by atoms with Crippen LogP contribution in [-0.4, -0.2) is 112 Å². The van der Waals surface area contributed by atoms with Crippen molar-refractivity contribution in [2.45, 2.75) is 38.6 Å². The molecule has 1 heterocycles. The first-order valence-corrected chi connectivity index (χ1v) is 19.2. The molecule has 17 heteroatoms. The van der Waals surface area contributed by atoms with Gasteiger partial charge in [-0.15, -0.1) is 0 Å². The van der Waals surface area contributed by atoms with Gasteiger partial charge in [-0.05, 0) is 59.5 Å². The number of rotatable bonds is 29. The summed E-state index contributed by atoms with van der Waals surface area (Å²) in [6.45, 7) is 6.21. The Bertz CT molecular complexity index is 1930. The molecule has 4 rings (SSSR count).